The highest BCUT2D eigenvalue weighted by Crippen LogP contribution is 2.43. The number of carbonyl (C=O) groups is 1. The Hall–Kier alpha value is -1.67. The van der Waals surface area contributed by atoms with E-state index in [2.05, 4.69) is 47.8 Å². The van der Waals surface area contributed by atoms with Crippen molar-refractivity contribution in [2.24, 2.45) is 5.92 Å². The molecular formula is C20H23NO. The van der Waals surface area contributed by atoms with E-state index >= 15 is 0 Å². The molecule has 0 spiro atoms. The van der Waals surface area contributed by atoms with Crippen LogP contribution in [-0.4, -0.2) is 17.9 Å². The van der Waals surface area contributed by atoms with Crippen LogP contribution in [0.2, 0.25) is 0 Å². The van der Waals surface area contributed by atoms with Crippen molar-refractivity contribution in [1.82, 2.24) is 5.32 Å². The number of benzene rings is 2. The molecule has 0 saturated carbocycles. The first-order valence-electron chi connectivity index (χ1n) is 8.53. The summed E-state index contributed by atoms with van der Waals surface area (Å²) in [6, 6.07) is 16.2. The molecule has 2 heteroatoms. The minimum absolute atomic E-state index is 0.157. The van der Waals surface area contributed by atoms with Gasteiger partial charge in [-0.1, -0.05) is 49.4 Å². The number of rotatable bonds is 3. The van der Waals surface area contributed by atoms with Crippen LogP contribution in [0.5, 0.6) is 0 Å². The maximum Gasteiger partial charge on any atom is 0.137 e. The molecule has 4 atom stereocenters. The first kappa shape index (κ1) is 14.0. The van der Waals surface area contributed by atoms with Crippen LogP contribution in [0.4, 0.5) is 0 Å². The Balaban J connectivity index is 1.75. The summed E-state index contributed by atoms with van der Waals surface area (Å²) in [6.45, 7) is 2.00. The molecule has 2 bridgehead atoms. The normalized spacial score (nSPS) is 30.6. The van der Waals surface area contributed by atoms with Crippen LogP contribution >= 0.6 is 0 Å². The summed E-state index contributed by atoms with van der Waals surface area (Å²) < 4.78 is 0. The molecule has 4 rings (SSSR count). The highest BCUT2D eigenvalue weighted by atomic mass is 16.1. The molecule has 2 aliphatic rings. The summed E-state index contributed by atoms with van der Waals surface area (Å²) in [6.07, 6.45) is 4.14. The van der Waals surface area contributed by atoms with Gasteiger partial charge in [0, 0.05) is 24.4 Å². The number of Topliss-reactive ketones (excluding diaryl/α,β-unsaturated/α-hetero) is 1. The summed E-state index contributed by atoms with van der Waals surface area (Å²) in [4.78, 5) is 12.6. The average molecular weight is 293 g/mol. The Morgan fingerprint density at radius 3 is 2.77 bits per heavy atom. The second-order valence-corrected chi connectivity index (χ2v) is 6.84. The van der Waals surface area contributed by atoms with Gasteiger partial charge in [0.2, 0.25) is 0 Å². The van der Waals surface area contributed by atoms with Gasteiger partial charge in [-0.15, -0.1) is 0 Å². The van der Waals surface area contributed by atoms with E-state index in [1.807, 2.05) is 6.92 Å². The lowest BCUT2D eigenvalue weighted by Gasteiger charge is -2.37. The predicted octanol–water partition coefficient (Wildman–Crippen LogP) is 4.04. The molecule has 2 saturated heterocycles. The quantitative estimate of drug-likeness (QED) is 0.925. The summed E-state index contributed by atoms with van der Waals surface area (Å²) in [5.41, 5.74) is 1.35. The number of ketones is 1. The highest BCUT2D eigenvalue weighted by Gasteiger charge is 2.44. The molecule has 2 fully saturated rings. The summed E-state index contributed by atoms with van der Waals surface area (Å²) >= 11 is 0. The monoisotopic (exact) mass is 293 g/mol. The van der Waals surface area contributed by atoms with Crippen molar-refractivity contribution in [3.63, 3.8) is 0 Å². The van der Waals surface area contributed by atoms with E-state index in [1.165, 1.54) is 22.8 Å². The van der Waals surface area contributed by atoms with Crippen LogP contribution in [0.15, 0.2) is 42.5 Å². The topological polar surface area (TPSA) is 29.1 Å². The van der Waals surface area contributed by atoms with Crippen LogP contribution in [0.25, 0.3) is 10.8 Å². The van der Waals surface area contributed by atoms with Gasteiger partial charge >= 0.3 is 0 Å². The molecule has 2 aromatic carbocycles. The van der Waals surface area contributed by atoms with E-state index in [0.29, 0.717) is 30.2 Å². The van der Waals surface area contributed by atoms with Crippen molar-refractivity contribution in [1.29, 1.82) is 0 Å². The van der Waals surface area contributed by atoms with Gasteiger partial charge in [0.1, 0.15) is 5.78 Å². The molecule has 2 aliphatic heterocycles. The third-order valence-electron chi connectivity index (χ3n) is 5.60. The van der Waals surface area contributed by atoms with E-state index in [-0.39, 0.29) is 5.92 Å². The number of hydrogen-bond donors (Lipinski definition) is 1. The lowest BCUT2D eigenvalue weighted by atomic mass is 9.74. The molecule has 1 N–H and O–H groups in total. The fourth-order valence-corrected chi connectivity index (χ4v) is 4.52. The minimum atomic E-state index is 0.157. The molecule has 0 amide bonds. The Morgan fingerprint density at radius 2 is 1.95 bits per heavy atom. The lowest BCUT2D eigenvalue weighted by molar-refractivity contribution is -0.124. The van der Waals surface area contributed by atoms with Gasteiger partial charge in [-0.2, -0.15) is 0 Å². The fourth-order valence-electron chi connectivity index (χ4n) is 4.52. The number of piperidine rings is 1. The van der Waals surface area contributed by atoms with Crippen molar-refractivity contribution in [3.8, 4) is 0 Å². The second-order valence-electron chi connectivity index (χ2n) is 6.84. The van der Waals surface area contributed by atoms with E-state index in [9.17, 15) is 4.79 Å². The zero-order valence-corrected chi connectivity index (χ0v) is 13.1. The van der Waals surface area contributed by atoms with Gasteiger partial charge in [0.25, 0.3) is 0 Å². The van der Waals surface area contributed by atoms with E-state index < -0.39 is 0 Å². The van der Waals surface area contributed by atoms with Gasteiger partial charge in [-0.25, -0.2) is 0 Å². The Morgan fingerprint density at radius 1 is 1.14 bits per heavy atom. The van der Waals surface area contributed by atoms with E-state index in [0.717, 1.165) is 12.8 Å². The molecule has 2 aromatic rings. The van der Waals surface area contributed by atoms with Gasteiger partial charge in [-0.3, -0.25) is 4.79 Å². The smallest absolute Gasteiger partial charge is 0.137 e. The Bertz CT molecular complexity index is 708. The van der Waals surface area contributed by atoms with Crippen molar-refractivity contribution >= 4 is 16.6 Å². The second kappa shape index (κ2) is 5.51. The molecule has 0 aliphatic carbocycles. The SMILES string of the molecule is CCC(=O)[C@@H]1[C@@H]2CCC(C[C@H]1c1ccc3ccccc3c1)N2. The first-order chi connectivity index (χ1) is 10.8. The molecule has 2 nitrogen and oxygen atoms in total. The third-order valence-corrected chi connectivity index (χ3v) is 5.60. The van der Waals surface area contributed by atoms with E-state index in [4.69, 9.17) is 0 Å². The van der Waals surface area contributed by atoms with Crippen LogP contribution in [-0.2, 0) is 4.79 Å². The van der Waals surface area contributed by atoms with Gasteiger partial charge in [0.15, 0.2) is 0 Å². The largest absolute Gasteiger partial charge is 0.310 e. The lowest BCUT2D eigenvalue weighted by Crippen LogP contribution is -2.47. The Labute approximate surface area is 131 Å². The molecule has 1 unspecified atom stereocenters. The van der Waals surface area contributed by atoms with Gasteiger partial charge in [-0.05, 0) is 41.5 Å². The van der Waals surface area contributed by atoms with Crippen LogP contribution in [0, 0.1) is 5.92 Å². The van der Waals surface area contributed by atoms with Crippen LogP contribution in [0.1, 0.15) is 44.1 Å². The van der Waals surface area contributed by atoms with Crippen molar-refractivity contribution < 1.29 is 4.79 Å². The molecule has 114 valence electrons. The minimum Gasteiger partial charge on any atom is -0.310 e. The number of nitrogens with one attached hydrogen (secondary N) is 1. The zero-order valence-electron chi connectivity index (χ0n) is 13.1. The number of hydrogen-bond acceptors (Lipinski definition) is 2. The maximum atomic E-state index is 12.6. The highest BCUT2D eigenvalue weighted by molar-refractivity contribution is 5.85. The molecule has 0 aromatic heterocycles. The number of fused-ring (bicyclic) bond motifs is 3. The first-order valence-corrected chi connectivity index (χ1v) is 8.53. The van der Waals surface area contributed by atoms with Crippen molar-refractivity contribution in [2.45, 2.75) is 50.6 Å². The maximum absolute atomic E-state index is 12.6. The standard InChI is InChI=1S/C20H23NO/c1-2-19(22)20-17(12-16-9-10-18(20)21-16)15-8-7-13-5-3-4-6-14(13)11-15/h3-8,11,16-18,20-21H,2,9-10,12H2,1H3/t16?,17-,18-,20-/m0/s1. The van der Waals surface area contributed by atoms with Gasteiger partial charge in [0.05, 0.1) is 0 Å². The third kappa shape index (κ3) is 2.26. The zero-order chi connectivity index (χ0) is 15.1. The molecule has 22 heavy (non-hydrogen) atoms. The molecule has 2 heterocycles. The Kier molecular flexibility index (Phi) is 3.50. The molecular weight excluding hydrogens is 270 g/mol. The van der Waals surface area contributed by atoms with Gasteiger partial charge < -0.3 is 5.32 Å². The van der Waals surface area contributed by atoms with Crippen molar-refractivity contribution in [3.05, 3.63) is 48.0 Å². The predicted molar refractivity (Wildman–Crippen MR) is 90.0 cm³/mol. The number of carbonyl (C=O) groups excluding carboxylic acids is 1. The fraction of sp³-hybridized carbons (Fsp3) is 0.450. The van der Waals surface area contributed by atoms with Crippen LogP contribution < -0.4 is 5.32 Å². The van der Waals surface area contributed by atoms with Crippen molar-refractivity contribution in [2.75, 3.05) is 0 Å². The van der Waals surface area contributed by atoms with Crippen LogP contribution in [0.3, 0.4) is 0 Å². The summed E-state index contributed by atoms with van der Waals surface area (Å²) in [5.74, 6) is 0.969. The summed E-state index contributed by atoms with van der Waals surface area (Å²) in [5, 5.41) is 6.24. The van der Waals surface area contributed by atoms with E-state index in [1.54, 1.807) is 0 Å². The summed E-state index contributed by atoms with van der Waals surface area (Å²) in [7, 11) is 0. The molecule has 0 radical (unpaired) electrons. The average Bonchev–Trinajstić information content (AvgIpc) is 2.95.